The molecule has 2 heteroatoms. The molecule has 0 aromatic carbocycles. The Bertz CT molecular complexity index is 173. The lowest BCUT2D eigenvalue weighted by atomic mass is 10.1. The van der Waals surface area contributed by atoms with E-state index in [1.54, 1.807) is 0 Å². The van der Waals surface area contributed by atoms with Gasteiger partial charge in [-0.05, 0) is 25.7 Å². The third kappa shape index (κ3) is 11.1. The topological polar surface area (TPSA) is 26.3 Å². The fourth-order valence-electron chi connectivity index (χ4n) is 1.39. The molecular weight excluding hydrogens is 188 g/mol. The molecule has 0 saturated heterocycles. The minimum atomic E-state index is -0.105. The van der Waals surface area contributed by atoms with Gasteiger partial charge >= 0.3 is 5.97 Å². The maximum Gasteiger partial charge on any atom is 0.305 e. The molecule has 0 aliphatic carbocycles. The Morgan fingerprint density at radius 2 is 1.73 bits per heavy atom. The van der Waals surface area contributed by atoms with E-state index in [-0.39, 0.29) is 5.97 Å². The molecule has 0 N–H and O–H groups in total. The van der Waals surface area contributed by atoms with Gasteiger partial charge in [0.2, 0.25) is 0 Å². The molecule has 0 radical (unpaired) electrons. The first-order chi connectivity index (χ1) is 7.31. The van der Waals surface area contributed by atoms with E-state index < -0.39 is 0 Å². The third-order valence-corrected chi connectivity index (χ3v) is 2.37. The second-order valence-electron chi connectivity index (χ2n) is 3.79. The van der Waals surface area contributed by atoms with Gasteiger partial charge in [-0.15, -0.1) is 0 Å². The molecule has 0 spiro atoms. The number of ether oxygens (including phenoxy) is 1. The lowest BCUT2D eigenvalue weighted by molar-refractivity contribution is -0.140. The van der Waals surface area contributed by atoms with E-state index in [1.807, 2.05) is 0 Å². The van der Waals surface area contributed by atoms with Crippen LogP contribution in [0.2, 0.25) is 0 Å². The van der Waals surface area contributed by atoms with Crippen molar-refractivity contribution in [3.63, 3.8) is 0 Å². The summed E-state index contributed by atoms with van der Waals surface area (Å²) in [5, 5.41) is 0. The van der Waals surface area contributed by atoms with Crippen LogP contribution in [0.15, 0.2) is 12.2 Å². The van der Waals surface area contributed by atoms with Gasteiger partial charge < -0.3 is 4.74 Å². The Morgan fingerprint density at radius 1 is 1.07 bits per heavy atom. The zero-order valence-electron chi connectivity index (χ0n) is 10.1. The smallest absolute Gasteiger partial charge is 0.305 e. The molecule has 0 bridgehead atoms. The SMILES string of the molecule is CCCCCCC=CCCCC(=O)OC. The summed E-state index contributed by atoms with van der Waals surface area (Å²) in [6.45, 7) is 2.22. The van der Waals surface area contributed by atoms with Gasteiger partial charge in [0.1, 0.15) is 0 Å². The molecule has 0 aromatic heterocycles. The summed E-state index contributed by atoms with van der Waals surface area (Å²) in [6.07, 6.45) is 13.3. The van der Waals surface area contributed by atoms with Crippen molar-refractivity contribution in [2.24, 2.45) is 0 Å². The molecule has 0 aliphatic heterocycles. The molecule has 0 amide bonds. The van der Waals surface area contributed by atoms with Crippen molar-refractivity contribution in [3.8, 4) is 0 Å². The van der Waals surface area contributed by atoms with Gasteiger partial charge in [-0.25, -0.2) is 0 Å². The number of carbonyl (C=O) groups excluding carboxylic acids is 1. The fourth-order valence-corrected chi connectivity index (χ4v) is 1.39. The van der Waals surface area contributed by atoms with Crippen LogP contribution in [0, 0.1) is 0 Å². The highest BCUT2D eigenvalue weighted by molar-refractivity contribution is 5.68. The quantitative estimate of drug-likeness (QED) is 0.329. The average Bonchev–Trinajstić information content (AvgIpc) is 2.26. The van der Waals surface area contributed by atoms with Crippen molar-refractivity contribution in [3.05, 3.63) is 12.2 Å². The molecule has 2 nitrogen and oxygen atoms in total. The first-order valence-electron chi connectivity index (χ1n) is 6.03. The lowest BCUT2D eigenvalue weighted by Crippen LogP contribution is -1.98. The number of hydrogen-bond donors (Lipinski definition) is 0. The van der Waals surface area contributed by atoms with Gasteiger partial charge in [0, 0.05) is 6.42 Å². The van der Waals surface area contributed by atoms with Crippen LogP contribution < -0.4 is 0 Å². The minimum Gasteiger partial charge on any atom is -0.469 e. The number of hydrogen-bond acceptors (Lipinski definition) is 2. The van der Waals surface area contributed by atoms with Crippen molar-refractivity contribution in [1.29, 1.82) is 0 Å². The summed E-state index contributed by atoms with van der Waals surface area (Å²) >= 11 is 0. The van der Waals surface area contributed by atoms with Gasteiger partial charge in [0.15, 0.2) is 0 Å². The molecule has 0 rings (SSSR count). The van der Waals surface area contributed by atoms with E-state index in [0.717, 1.165) is 12.8 Å². The molecule has 0 aliphatic rings. The molecule has 0 saturated carbocycles. The van der Waals surface area contributed by atoms with Gasteiger partial charge in [-0.3, -0.25) is 4.79 Å². The number of rotatable bonds is 9. The Labute approximate surface area is 93.7 Å². The maximum absolute atomic E-state index is 10.8. The Kier molecular flexibility index (Phi) is 10.7. The van der Waals surface area contributed by atoms with Crippen LogP contribution in [0.4, 0.5) is 0 Å². The van der Waals surface area contributed by atoms with Crippen molar-refractivity contribution in [2.45, 2.75) is 58.3 Å². The molecule has 15 heavy (non-hydrogen) atoms. The van der Waals surface area contributed by atoms with Gasteiger partial charge in [0.05, 0.1) is 7.11 Å². The molecule has 0 unspecified atom stereocenters. The van der Waals surface area contributed by atoms with Gasteiger partial charge in [-0.2, -0.15) is 0 Å². The Morgan fingerprint density at radius 3 is 2.33 bits per heavy atom. The van der Waals surface area contributed by atoms with E-state index >= 15 is 0 Å². The fraction of sp³-hybridized carbons (Fsp3) is 0.769. The number of allylic oxidation sites excluding steroid dienone is 2. The largest absolute Gasteiger partial charge is 0.469 e. The van der Waals surface area contributed by atoms with Crippen molar-refractivity contribution in [1.82, 2.24) is 0 Å². The highest BCUT2D eigenvalue weighted by Crippen LogP contribution is 2.04. The average molecular weight is 212 g/mol. The summed E-state index contributed by atoms with van der Waals surface area (Å²) in [5.74, 6) is -0.105. The third-order valence-electron chi connectivity index (χ3n) is 2.37. The number of unbranched alkanes of at least 4 members (excludes halogenated alkanes) is 5. The van der Waals surface area contributed by atoms with Crippen LogP contribution in [0.1, 0.15) is 58.3 Å². The van der Waals surface area contributed by atoms with Crippen LogP contribution in [0.3, 0.4) is 0 Å². The van der Waals surface area contributed by atoms with Crippen LogP contribution in [-0.4, -0.2) is 13.1 Å². The summed E-state index contributed by atoms with van der Waals surface area (Å²) in [6, 6.07) is 0. The van der Waals surface area contributed by atoms with Gasteiger partial charge in [-0.1, -0.05) is 38.3 Å². The second-order valence-corrected chi connectivity index (χ2v) is 3.79. The number of carbonyl (C=O) groups is 1. The molecular formula is C13H24O2. The van der Waals surface area contributed by atoms with Gasteiger partial charge in [0.25, 0.3) is 0 Å². The zero-order valence-corrected chi connectivity index (χ0v) is 10.1. The molecule has 0 fully saturated rings. The van der Waals surface area contributed by atoms with Crippen molar-refractivity contribution < 1.29 is 9.53 Å². The van der Waals surface area contributed by atoms with E-state index in [4.69, 9.17) is 0 Å². The summed E-state index contributed by atoms with van der Waals surface area (Å²) < 4.78 is 4.56. The van der Waals surface area contributed by atoms with E-state index in [1.165, 1.54) is 39.2 Å². The van der Waals surface area contributed by atoms with E-state index in [0.29, 0.717) is 6.42 Å². The first kappa shape index (κ1) is 14.2. The summed E-state index contributed by atoms with van der Waals surface area (Å²) in [5.41, 5.74) is 0. The summed E-state index contributed by atoms with van der Waals surface area (Å²) in [4.78, 5) is 10.8. The molecule has 0 heterocycles. The maximum atomic E-state index is 10.8. The highest BCUT2D eigenvalue weighted by atomic mass is 16.5. The lowest BCUT2D eigenvalue weighted by Gasteiger charge is -1.96. The number of esters is 1. The highest BCUT2D eigenvalue weighted by Gasteiger charge is 1.96. The Balaban J connectivity index is 3.14. The number of methoxy groups -OCH3 is 1. The van der Waals surface area contributed by atoms with E-state index in [2.05, 4.69) is 23.8 Å². The minimum absolute atomic E-state index is 0.105. The van der Waals surface area contributed by atoms with E-state index in [9.17, 15) is 4.79 Å². The van der Waals surface area contributed by atoms with Crippen LogP contribution in [0.25, 0.3) is 0 Å². The normalized spacial score (nSPS) is 10.8. The van der Waals surface area contributed by atoms with Crippen LogP contribution in [-0.2, 0) is 9.53 Å². The van der Waals surface area contributed by atoms with Crippen molar-refractivity contribution in [2.75, 3.05) is 7.11 Å². The summed E-state index contributed by atoms with van der Waals surface area (Å²) in [7, 11) is 1.44. The second kappa shape index (κ2) is 11.3. The van der Waals surface area contributed by atoms with Crippen LogP contribution in [0.5, 0.6) is 0 Å². The predicted octanol–water partition coefficient (Wildman–Crippen LogP) is 3.86. The monoisotopic (exact) mass is 212 g/mol. The van der Waals surface area contributed by atoms with Crippen molar-refractivity contribution >= 4 is 5.97 Å². The first-order valence-corrected chi connectivity index (χ1v) is 6.03. The molecule has 0 atom stereocenters. The molecule has 0 aromatic rings. The standard InChI is InChI=1S/C13H24O2/c1-3-4-5-6-7-8-9-10-11-12-13(14)15-2/h8-9H,3-7,10-12H2,1-2H3. The zero-order chi connectivity index (χ0) is 11.4. The van der Waals surface area contributed by atoms with Crippen LogP contribution >= 0.6 is 0 Å². The molecule has 88 valence electrons. The predicted molar refractivity (Wildman–Crippen MR) is 63.8 cm³/mol. The Hall–Kier alpha value is -0.790.